The molecule has 2 aromatic carbocycles. The van der Waals surface area contributed by atoms with Crippen molar-refractivity contribution in [2.75, 3.05) is 13.3 Å². The molecule has 0 spiro atoms. The molecule has 0 radical (unpaired) electrons. The molecule has 3 nitrogen and oxygen atoms in total. The molecule has 1 heterocycles. The van der Waals surface area contributed by atoms with Crippen molar-refractivity contribution in [3.8, 4) is 11.5 Å². The van der Waals surface area contributed by atoms with Crippen LogP contribution in [0.2, 0.25) is 0 Å². The number of alkyl halides is 3. The van der Waals surface area contributed by atoms with Gasteiger partial charge in [-0.3, -0.25) is 0 Å². The van der Waals surface area contributed by atoms with Gasteiger partial charge in [-0.05, 0) is 42.3 Å². The lowest BCUT2D eigenvalue weighted by Gasteiger charge is -2.17. The van der Waals surface area contributed by atoms with Crippen LogP contribution in [0.3, 0.4) is 0 Å². The molecule has 1 aliphatic rings. The first kappa shape index (κ1) is 15.7. The Balaban J connectivity index is 1.82. The molecule has 0 saturated carbocycles. The Morgan fingerprint density at radius 3 is 2.57 bits per heavy atom. The fourth-order valence-corrected chi connectivity index (χ4v) is 2.66. The van der Waals surface area contributed by atoms with Crippen LogP contribution in [0.4, 0.5) is 13.2 Å². The summed E-state index contributed by atoms with van der Waals surface area (Å²) in [6.07, 6.45) is -3.91. The van der Waals surface area contributed by atoms with Crippen molar-refractivity contribution in [3.05, 3.63) is 59.2 Å². The van der Waals surface area contributed by atoms with Gasteiger partial charge >= 0.3 is 6.18 Å². The second-order valence-electron chi connectivity index (χ2n) is 5.45. The van der Waals surface area contributed by atoms with Crippen molar-refractivity contribution in [2.45, 2.75) is 18.5 Å². The molecule has 0 bridgehead atoms. The first-order valence-corrected chi connectivity index (χ1v) is 7.23. The molecule has 6 heteroatoms. The van der Waals surface area contributed by atoms with Crippen LogP contribution in [0.15, 0.2) is 42.5 Å². The number of benzene rings is 2. The van der Waals surface area contributed by atoms with Gasteiger partial charge in [0.05, 0.1) is 5.56 Å². The Hall–Kier alpha value is -2.21. The van der Waals surface area contributed by atoms with E-state index >= 15 is 0 Å². The first-order chi connectivity index (χ1) is 11.0. The molecule has 122 valence electrons. The monoisotopic (exact) mass is 323 g/mol. The lowest BCUT2D eigenvalue weighted by Crippen LogP contribution is -2.15. The number of hydrogen-bond acceptors (Lipinski definition) is 3. The van der Waals surface area contributed by atoms with Gasteiger partial charge in [-0.25, -0.2) is 0 Å². The maximum absolute atomic E-state index is 12.8. The van der Waals surface area contributed by atoms with Gasteiger partial charge in [0.2, 0.25) is 6.79 Å². The molecular weight excluding hydrogens is 307 g/mol. The van der Waals surface area contributed by atoms with E-state index < -0.39 is 11.7 Å². The van der Waals surface area contributed by atoms with Crippen LogP contribution in [0.1, 0.15) is 22.6 Å². The van der Waals surface area contributed by atoms with E-state index in [2.05, 4.69) is 0 Å². The van der Waals surface area contributed by atoms with Gasteiger partial charge in [0.25, 0.3) is 0 Å². The summed E-state index contributed by atoms with van der Waals surface area (Å²) in [6, 6.07) is 10.9. The van der Waals surface area contributed by atoms with Crippen LogP contribution in [-0.4, -0.2) is 13.3 Å². The molecule has 0 aromatic heterocycles. The van der Waals surface area contributed by atoms with Gasteiger partial charge in [0.1, 0.15) is 0 Å². The predicted octanol–water partition coefficient (Wildman–Crippen LogP) is 3.72. The average molecular weight is 323 g/mol. The smallest absolute Gasteiger partial charge is 0.416 e. The summed E-state index contributed by atoms with van der Waals surface area (Å²) >= 11 is 0. The zero-order valence-corrected chi connectivity index (χ0v) is 12.3. The van der Waals surface area contributed by atoms with E-state index in [1.165, 1.54) is 12.1 Å². The summed E-state index contributed by atoms with van der Waals surface area (Å²) in [5.74, 6) is 1.22. The maximum atomic E-state index is 12.8. The topological polar surface area (TPSA) is 44.5 Å². The molecule has 1 aliphatic heterocycles. The van der Waals surface area contributed by atoms with E-state index in [0.717, 1.165) is 11.6 Å². The zero-order valence-electron chi connectivity index (χ0n) is 12.3. The summed E-state index contributed by atoms with van der Waals surface area (Å²) in [4.78, 5) is 0. The number of halogens is 3. The van der Waals surface area contributed by atoms with Gasteiger partial charge in [0, 0.05) is 5.92 Å². The highest BCUT2D eigenvalue weighted by Crippen LogP contribution is 2.36. The van der Waals surface area contributed by atoms with Crippen molar-refractivity contribution in [1.82, 2.24) is 0 Å². The second-order valence-corrected chi connectivity index (χ2v) is 5.45. The highest BCUT2D eigenvalue weighted by Gasteiger charge is 2.30. The summed E-state index contributed by atoms with van der Waals surface area (Å²) in [5, 5.41) is 0. The Morgan fingerprint density at radius 1 is 1.04 bits per heavy atom. The molecule has 2 aromatic rings. The minimum absolute atomic E-state index is 0.0898. The quantitative estimate of drug-likeness (QED) is 0.933. The lowest BCUT2D eigenvalue weighted by molar-refractivity contribution is -0.137. The van der Waals surface area contributed by atoms with E-state index in [4.69, 9.17) is 15.2 Å². The van der Waals surface area contributed by atoms with E-state index in [9.17, 15) is 13.2 Å². The fourth-order valence-electron chi connectivity index (χ4n) is 2.66. The van der Waals surface area contributed by atoms with E-state index in [-0.39, 0.29) is 12.7 Å². The molecule has 1 unspecified atom stereocenters. The summed E-state index contributed by atoms with van der Waals surface area (Å²) in [7, 11) is 0. The Morgan fingerprint density at radius 2 is 1.83 bits per heavy atom. The molecule has 0 saturated heterocycles. The number of ether oxygens (including phenoxy) is 2. The minimum atomic E-state index is -4.34. The van der Waals surface area contributed by atoms with Crippen molar-refractivity contribution < 1.29 is 22.6 Å². The van der Waals surface area contributed by atoms with Crippen LogP contribution < -0.4 is 15.2 Å². The standard InChI is InChI=1S/C17H16F3NO2/c18-17(19,20)14-3-1-2-11(7-14)6-13(9-21)12-4-5-15-16(8-12)23-10-22-15/h1-5,7-8,13H,6,9-10,21H2. The summed E-state index contributed by atoms with van der Waals surface area (Å²) in [5.41, 5.74) is 6.71. The third-order valence-corrected chi connectivity index (χ3v) is 3.89. The lowest BCUT2D eigenvalue weighted by atomic mass is 9.91. The van der Waals surface area contributed by atoms with Crippen LogP contribution >= 0.6 is 0 Å². The van der Waals surface area contributed by atoms with Gasteiger partial charge < -0.3 is 15.2 Å². The molecule has 2 N–H and O–H groups in total. The Bertz CT molecular complexity index is 700. The van der Waals surface area contributed by atoms with Gasteiger partial charge in [-0.1, -0.05) is 24.3 Å². The van der Waals surface area contributed by atoms with Crippen LogP contribution in [0, 0.1) is 0 Å². The third-order valence-electron chi connectivity index (χ3n) is 3.89. The van der Waals surface area contributed by atoms with Crippen molar-refractivity contribution in [3.63, 3.8) is 0 Å². The van der Waals surface area contributed by atoms with Crippen molar-refractivity contribution in [2.24, 2.45) is 5.73 Å². The summed E-state index contributed by atoms with van der Waals surface area (Å²) in [6.45, 7) is 0.510. The molecule has 23 heavy (non-hydrogen) atoms. The predicted molar refractivity (Wildman–Crippen MR) is 79.5 cm³/mol. The van der Waals surface area contributed by atoms with Crippen molar-refractivity contribution in [1.29, 1.82) is 0 Å². The largest absolute Gasteiger partial charge is 0.454 e. The number of hydrogen-bond donors (Lipinski definition) is 1. The van der Waals surface area contributed by atoms with Crippen molar-refractivity contribution >= 4 is 0 Å². The van der Waals surface area contributed by atoms with Crippen LogP contribution in [0.25, 0.3) is 0 Å². The number of fused-ring (bicyclic) bond motifs is 1. The van der Waals surface area contributed by atoms with Gasteiger partial charge in [0.15, 0.2) is 11.5 Å². The SMILES string of the molecule is NCC(Cc1cccc(C(F)(F)F)c1)c1ccc2c(c1)OCO2. The highest BCUT2D eigenvalue weighted by molar-refractivity contribution is 5.45. The normalized spacial score (nSPS) is 14.8. The van der Waals surface area contributed by atoms with E-state index in [0.29, 0.717) is 30.0 Å². The molecular formula is C17H16F3NO2. The summed E-state index contributed by atoms with van der Waals surface area (Å²) < 4.78 is 49.0. The molecule has 1 atom stereocenters. The average Bonchev–Trinajstić information content (AvgIpc) is 2.99. The van der Waals surface area contributed by atoms with E-state index in [1.807, 2.05) is 12.1 Å². The Kier molecular flexibility index (Phi) is 4.17. The van der Waals surface area contributed by atoms with Crippen LogP contribution in [0.5, 0.6) is 11.5 Å². The molecule has 0 amide bonds. The zero-order chi connectivity index (χ0) is 16.4. The Labute approximate surface area is 131 Å². The van der Waals surface area contributed by atoms with E-state index in [1.54, 1.807) is 12.1 Å². The molecule has 0 fully saturated rings. The highest BCUT2D eigenvalue weighted by atomic mass is 19.4. The maximum Gasteiger partial charge on any atom is 0.416 e. The van der Waals surface area contributed by atoms with Crippen LogP contribution in [-0.2, 0) is 12.6 Å². The van der Waals surface area contributed by atoms with Gasteiger partial charge in [-0.15, -0.1) is 0 Å². The first-order valence-electron chi connectivity index (χ1n) is 7.23. The van der Waals surface area contributed by atoms with Gasteiger partial charge in [-0.2, -0.15) is 13.2 Å². The number of nitrogens with two attached hydrogens (primary N) is 1. The molecule has 3 rings (SSSR count). The fraction of sp³-hybridized carbons (Fsp3) is 0.294. The second kappa shape index (κ2) is 6.12. The third kappa shape index (κ3) is 3.42. The molecule has 0 aliphatic carbocycles. The number of rotatable bonds is 4. The minimum Gasteiger partial charge on any atom is -0.454 e.